The van der Waals surface area contributed by atoms with Crippen molar-refractivity contribution in [2.75, 3.05) is 11.1 Å². The fourth-order valence-corrected chi connectivity index (χ4v) is 5.16. The van der Waals surface area contributed by atoms with E-state index in [0.29, 0.717) is 28.4 Å². The number of nitrogens with one attached hydrogen (secondary N) is 2. The van der Waals surface area contributed by atoms with Crippen LogP contribution in [0.1, 0.15) is 48.5 Å². The number of halogens is 1. The summed E-state index contributed by atoms with van der Waals surface area (Å²) in [5.74, 6) is 1.25. The summed E-state index contributed by atoms with van der Waals surface area (Å²) in [5.41, 5.74) is 3.45. The molecule has 1 aliphatic rings. The average molecular weight is 499 g/mol. The lowest BCUT2D eigenvalue weighted by atomic mass is 10.2. The van der Waals surface area contributed by atoms with Gasteiger partial charge < -0.3 is 9.88 Å². The Morgan fingerprint density at radius 2 is 2.10 bits per heavy atom. The highest BCUT2D eigenvalue weighted by atomic mass is 79.9. The van der Waals surface area contributed by atoms with Crippen LogP contribution < -0.4 is 5.32 Å². The molecule has 1 fully saturated rings. The second-order valence-electron chi connectivity index (χ2n) is 7.64. The van der Waals surface area contributed by atoms with E-state index in [0.717, 1.165) is 34.1 Å². The van der Waals surface area contributed by atoms with Gasteiger partial charge in [0.2, 0.25) is 11.1 Å². The van der Waals surface area contributed by atoms with Gasteiger partial charge in [-0.1, -0.05) is 58.7 Å². The molecule has 0 bridgehead atoms. The lowest BCUT2D eigenvalue weighted by molar-refractivity contribution is -0.113. The highest BCUT2D eigenvalue weighted by Crippen LogP contribution is 2.37. The van der Waals surface area contributed by atoms with Gasteiger partial charge in [0.15, 0.2) is 5.82 Å². The van der Waals surface area contributed by atoms with Crippen LogP contribution in [-0.4, -0.2) is 31.4 Å². The van der Waals surface area contributed by atoms with Crippen molar-refractivity contribution in [3.63, 3.8) is 0 Å². The van der Waals surface area contributed by atoms with Gasteiger partial charge in [-0.2, -0.15) is 5.26 Å². The van der Waals surface area contributed by atoms with Crippen LogP contribution in [0.2, 0.25) is 0 Å². The highest BCUT2D eigenvalue weighted by Gasteiger charge is 2.26. The summed E-state index contributed by atoms with van der Waals surface area (Å²) in [4.78, 5) is 17.2. The zero-order chi connectivity index (χ0) is 22.0. The summed E-state index contributed by atoms with van der Waals surface area (Å²) in [5, 5.41) is 20.3. The van der Waals surface area contributed by atoms with Crippen molar-refractivity contribution < 1.29 is 4.79 Å². The minimum Gasteiger partial charge on any atom is -0.327 e. The number of anilines is 1. The van der Waals surface area contributed by atoms with Crippen LogP contribution in [0.25, 0.3) is 11.4 Å². The predicted octanol–water partition coefficient (Wildman–Crippen LogP) is 5.37. The number of aromatic amines is 1. The van der Waals surface area contributed by atoms with E-state index in [-0.39, 0.29) is 11.7 Å². The van der Waals surface area contributed by atoms with E-state index in [2.05, 4.69) is 47.1 Å². The third-order valence-electron chi connectivity index (χ3n) is 5.74. The third kappa shape index (κ3) is 4.41. The Morgan fingerprint density at radius 1 is 1.35 bits per heavy atom. The minimum atomic E-state index is -0.175. The van der Waals surface area contributed by atoms with Crippen molar-refractivity contribution in [1.82, 2.24) is 19.7 Å². The summed E-state index contributed by atoms with van der Waals surface area (Å²) in [6.45, 7) is 3.97. The second-order valence-corrected chi connectivity index (χ2v) is 9.43. The Hall–Kier alpha value is -2.57. The molecule has 0 saturated heterocycles. The summed E-state index contributed by atoms with van der Waals surface area (Å²) < 4.78 is 3.07. The van der Waals surface area contributed by atoms with Crippen LogP contribution in [0.4, 0.5) is 5.82 Å². The molecule has 1 aliphatic carbocycles. The third-order valence-corrected chi connectivity index (χ3v) is 7.28. The molecule has 4 rings (SSSR count). The summed E-state index contributed by atoms with van der Waals surface area (Å²) in [6.07, 6.45) is 4.51. The minimum absolute atomic E-state index is 0.159. The van der Waals surface area contributed by atoms with Crippen molar-refractivity contribution >= 4 is 39.4 Å². The molecule has 2 N–H and O–H groups in total. The Bertz CT molecular complexity index is 1160. The standard InChI is InChI=1S/C22H23BrN6OS/c1-13-14(2)29(15-7-3-4-8-15)21(17(13)11-24)25-19(30)12-31-22-26-20(27-28-22)16-9-5-6-10-18(16)23/h5-6,9-10,15H,3-4,7-8,12H2,1-2H3,(H,25,30)(H,26,27,28). The smallest absolute Gasteiger partial charge is 0.235 e. The van der Waals surface area contributed by atoms with E-state index in [9.17, 15) is 10.1 Å². The molecule has 2 heterocycles. The van der Waals surface area contributed by atoms with Crippen LogP contribution in [0.3, 0.4) is 0 Å². The normalized spacial score (nSPS) is 14.0. The summed E-state index contributed by atoms with van der Waals surface area (Å²) in [6, 6.07) is 10.4. The number of carbonyl (C=O) groups excluding carboxylic acids is 1. The first kappa shape index (κ1) is 21.7. The molecule has 1 amide bonds. The van der Waals surface area contributed by atoms with E-state index < -0.39 is 0 Å². The number of nitriles is 1. The summed E-state index contributed by atoms with van der Waals surface area (Å²) in [7, 11) is 0. The molecule has 3 aromatic rings. The quantitative estimate of drug-likeness (QED) is 0.445. The monoisotopic (exact) mass is 498 g/mol. The Kier molecular flexibility index (Phi) is 6.49. The average Bonchev–Trinajstić information content (AvgIpc) is 3.49. The lowest BCUT2D eigenvalue weighted by Gasteiger charge is -2.19. The van der Waals surface area contributed by atoms with E-state index in [4.69, 9.17) is 0 Å². The van der Waals surface area contributed by atoms with Crippen molar-refractivity contribution in [3.05, 3.63) is 45.6 Å². The van der Waals surface area contributed by atoms with Crippen LogP contribution in [-0.2, 0) is 4.79 Å². The molecule has 0 spiro atoms. The molecule has 0 aliphatic heterocycles. The molecule has 2 aromatic heterocycles. The molecule has 31 heavy (non-hydrogen) atoms. The van der Waals surface area contributed by atoms with E-state index in [1.807, 2.05) is 38.1 Å². The summed E-state index contributed by atoms with van der Waals surface area (Å²) >= 11 is 4.77. The van der Waals surface area contributed by atoms with E-state index >= 15 is 0 Å². The number of hydrogen-bond acceptors (Lipinski definition) is 5. The molecule has 0 unspecified atom stereocenters. The van der Waals surface area contributed by atoms with Crippen molar-refractivity contribution in [3.8, 4) is 17.5 Å². The Balaban J connectivity index is 1.47. The number of aromatic nitrogens is 4. The van der Waals surface area contributed by atoms with Gasteiger partial charge in [-0.3, -0.25) is 9.89 Å². The maximum absolute atomic E-state index is 12.7. The van der Waals surface area contributed by atoms with Crippen LogP contribution in [0.5, 0.6) is 0 Å². The number of carbonyl (C=O) groups is 1. The molecule has 160 valence electrons. The number of rotatable bonds is 6. The van der Waals surface area contributed by atoms with Crippen LogP contribution in [0.15, 0.2) is 33.9 Å². The van der Waals surface area contributed by atoms with Gasteiger partial charge in [0, 0.05) is 21.8 Å². The molecule has 1 saturated carbocycles. The van der Waals surface area contributed by atoms with Gasteiger partial charge in [-0.15, -0.1) is 5.10 Å². The number of H-pyrrole nitrogens is 1. The molecule has 0 atom stereocenters. The number of benzene rings is 1. The Labute approximate surface area is 193 Å². The van der Waals surface area contributed by atoms with Gasteiger partial charge in [0.05, 0.1) is 11.3 Å². The van der Waals surface area contributed by atoms with Gasteiger partial charge >= 0.3 is 0 Å². The predicted molar refractivity (Wildman–Crippen MR) is 125 cm³/mol. The van der Waals surface area contributed by atoms with E-state index in [1.54, 1.807) is 0 Å². The number of nitrogens with zero attached hydrogens (tertiary/aromatic N) is 4. The molecule has 9 heteroatoms. The first-order valence-corrected chi connectivity index (χ1v) is 12.0. The lowest BCUT2D eigenvalue weighted by Crippen LogP contribution is -2.19. The molecular weight excluding hydrogens is 476 g/mol. The second kappa shape index (κ2) is 9.28. The Morgan fingerprint density at radius 3 is 2.81 bits per heavy atom. The highest BCUT2D eigenvalue weighted by molar-refractivity contribution is 9.10. The number of amides is 1. The largest absolute Gasteiger partial charge is 0.327 e. The molecule has 7 nitrogen and oxygen atoms in total. The van der Waals surface area contributed by atoms with Crippen LogP contribution in [0, 0.1) is 25.2 Å². The van der Waals surface area contributed by atoms with Gasteiger partial charge in [0.1, 0.15) is 11.9 Å². The zero-order valence-corrected chi connectivity index (χ0v) is 19.8. The van der Waals surface area contributed by atoms with Gasteiger partial charge in [-0.25, -0.2) is 4.98 Å². The molecular formula is C22H23BrN6OS. The topological polar surface area (TPSA) is 99.4 Å². The maximum Gasteiger partial charge on any atom is 0.235 e. The number of hydrogen-bond donors (Lipinski definition) is 2. The van der Waals surface area contributed by atoms with Gasteiger partial charge in [-0.05, 0) is 38.3 Å². The van der Waals surface area contributed by atoms with Crippen molar-refractivity contribution in [1.29, 1.82) is 5.26 Å². The fourth-order valence-electron chi connectivity index (χ4n) is 4.09. The van der Waals surface area contributed by atoms with Gasteiger partial charge in [0.25, 0.3) is 0 Å². The SMILES string of the molecule is Cc1c(C#N)c(NC(=O)CSc2n[nH]c(-c3ccccc3Br)n2)n(C2CCCC2)c1C. The van der Waals surface area contributed by atoms with Crippen molar-refractivity contribution in [2.45, 2.75) is 50.7 Å². The van der Waals surface area contributed by atoms with Crippen LogP contribution >= 0.6 is 27.7 Å². The van der Waals surface area contributed by atoms with Crippen molar-refractivity contribution in [2.24, 2.45) is 0 Å². The first-order valence-electron chi connectivity index (χ1n) is 10.2. The molecule has 0 radical (unpaired) electrons. The fraction of sp³-hybridized carbons (Fsp3) is 0.364. The zero-order valence-electron chi connectivity index (χ0n) is 17.4. The first-order chi connectivity index (χ1) is 15.0. The molecule has 1 aromatic carbocycles. The number of thioether (sulfide) groups is 1. The maximum atomic E-state index is 12.7. The van der Waals surface area contributed by atoms with E-state index in [1.165, 1.54) is 24.6 Å².